The molecule has 0 saturated carbocycles. The van der Waals surface area contributed by atoms with Crippen LogP contribution in [-0.2, 0) is 5.54 Å². The Hall–Kier alpha value is -7.96. The summed E-state index contributed by atoms with van der Waals surface area (Å²) in [4.78, 5) is 2.66. The van der Waals surface area contributed by atoms with Crippen LogP contribution in [0.3, 0.4) is 0 Å². The van der Waals surface area contributed by atoms with Crippen LogP contribution >= 0.6 is 11.3 Å². The van der Waals surface area contributed by atoms with Gasteiger partial charge in [-0.3, -0.25) is 5.32 Å². The van der Waals surface area contributed by atoms with Gasteiger partial charge in [-0.25, -0.2) is 0 Å². The van der Waals surface area contributed by atoms with Crippen LogP contribution in [0.25, 0.3) is 92.0 Å². The van der Waals surface area contributed by atoms with Gasteiger partial charge in [-0.15, -0.1) is 11.3 Å². The summed E-state index contributed by atoms with van der Waals surface area (Å²) < 4.78 is 9.58. The lowest BCUT2D eigenvalue weighted by molar-refractivity contribution is 0.460. The molecule has 11 aromatic rings. The SMILES string of the molecule is C1=CC2=C(c3cccc(-c4ccccc4)c3)NC(c3ccc4oc5cc(N6c7cccc8ccc9c(c78)C67c6ccccc6-c6c7c-9cc7c6sc6ccccc67)ccc5c4c3)NC2C=C1. The lowest BCUT2D eigenvalue weighted by Crippen LogP contribution is -2.45. The molecule has 0 fully saturated rings. The molecule has 16 rings (SSSR count). The van der Waals surface area contributed by atoms with Gasteiger partial charge in [0.05, 0.1) is 11.7 Å². The molecule has 4 heterocycles. The third kappa shape index (κ3) is 4.42. The molecule has 0 saturated heterocycles. The van der Waals surface area contributed by atoms with Gasteiger partial charge in [0.25, 0.3) is 0 Å². The molecule has 1 spiro atoms. The van der Waals surface area contributed by atoms with Crippen molar-refractivity contribution in [3.8, 4) is 33.4 Å². The summed E-state index contributed by atoms with van der Waals surface area (Å²) in [5, 5.41) is 15.4. The Morgan fingerprint density at radius 1 is 0.576 bits per heavy atom. The summed E-state index contributed by atoms with van der Waals surface area (Å²) >= 11 is 1.93. The van der Waals surface area contributed by atoms with E-state index in [1.54, 1.807) is 0 Å². The van der Waals surface area contributed by atoms with E-state index in [2.05, 4.69) is 216 Å². The summed E-state index contributed by atoms with van der Waals surface area (Å²) in [5.74, 6) is 0. The van der Waals surface area contributed by atoms with E-state index in [-0.39, 0.29) is 12.2 Å². The number of hydrogen-bond acceptors (Lipinski definition) is 5. The van der Waals surface area contributed by atoms with Crippen LogP contribution in [0.2, 0.25) is 0 Å². The Bertz CT molecular complexity index is 4090. The van der Waals surface area contributed by atoms with Crippen molar-refractivity contribution in [2.75, 3.05) is 4.90 Å². The third-order valence-corrected chi connectivity index (χ3v) is 16.4. The van der Waals surface area contributed by atoms with Gasteiger partial charge in [0.2, 0.25) is 0 Å². The van der Waals surface area contributed by atoms with E-state index < -0.39 is 5.54 Å². The first kappa shape index (κ1) is 35.4. The van der Waals surface area contributed by atoms with Crippen molar-refractivity contribution in [2.45, 2.75) is 17.7 Å². The standard InChI is InChI=1S/C61H37N3OS/c1-2-12-34(13-3-1)36-15-10-16-37(30-36)58-44-19-5-8-21-49(44)62-60(63-58)38-25-29-51-45(31-38)40-28-26-39(32-52(40)65-51)64-50-22-11-14-35-24-27-42-46-33-47-41-17-6-9-23-53(41)66-59(47)55-43-18-4-7-20-48(43)61(64,57(46)55)56(42)54(35)50/h1-33,49,60,62-63H. The number of rotatable bonds is 4. The Morgan fingerprint density at radius 2 is 1.44 bits per heavy atom. The van der Waals surface area contributed by atoms with Crippen molar-refractivity contribution in [3.63, 3.8) is 0 Å². The van der Waals surface area contributed by atoms with E-state index in [9.17, 15) is 0 Å². The molecular weight excluding hydrogens is 823 g/mol. The molecule has 5 aliphatic rings. The number of hydrogen-bond donors (Lipinski definition) is 2. The van der Waals surface area contributed by atoms with Gasteiger partial charge in [-0.05, 0) is 104 Å². The molecule has 0 radical (unpaired) electrons. The lowest BCUT2D eigenvalue weighted by atomic mass is 9.83. The number of nitrogens with one attached hydrogen (secondary N) is 2. The van der Waals surface area contributed by atoms with Gasteiger partial charge in [-0.2, -0.15) is 0 Å². The molecular formula is C61H37N3OS. The number of fused-ring (bicyclic) bond motifs is 11. The highest BCUT2D eigenvalue weighted by molar-refractivity contribution is 7.26. The molecule has 0 amide bonds. The molecule has 2 N–H and O–H groups in total. The fourth-order valence-corrected chi connectivity index (χ4v) is 13.8. The Labute approximate surface area is 384 Å². The zero-order valence-corrected chi connectivity index (χ0v) is 36.3. The van der Waals surface area contributed by atoms with Crippen LogP contribution in [0, 0.1) is 0 Å². The largest absolute Gasteiger partial charge is 0.456 e. The minimum absolute atomic E-state index is 0.0711. The first-order valence-electron chi connectivity index (χ1n) is 22.9. The summed E-state index contributed by atoms with van der Waals surface area (Å²) in [6, 6.07) is 65.4. The van der Waals surface area contributed by atoms with Crippen LogP contribution < -0.4 is 15.5 Å². The molecule has 2 aromatic heterocycles. The predicted octanol–water partition coefficient (Wildman–Crippen LogP) is 15.3. The second kappa shape index (κ2) is 12.6. The maximum Gasteiger partial charge on any atom is 0.137 e. The zero-order valence-electron chi connectivity index (χ0n) is 35.5. The fourth-order valence-electron chi connectivity index (χ4n) is 12.5. The van der Waals surface area contributed by atoms with Crippen LogP contribution in [-0.4, -0.2) is 6.04 Å². The maximum absolute atomic E-state index is 6.87. The van der Waals surface area contributed by atoms with Crippen molar-refractivity contribution >= 4 is 81.3 Å². The summed E-state index contributed by atoms with van der Waals surface area (Å²) in [7, 11) is 0. The third-order valence-electron chi connectivity index (χ3n) is 15.1. The molecule has 66 heavy (non-hydrogen) atoms. The lowest BCUT2D eigenvalue weighted by Gasteiger charge is -2.38. The van der Waals surface area contributed by atoms with Crippen LogP contribution in [0.15, 0.2) is 210 Å². The van der Waals surface area contributed by atoms with Gasteiger partial charge < -0.3 is 14.6 Å². The van der Waals surface area contributed by atoms with E-state index in [4.69, 9.17) is 4.42 Å². The molecule has 3 unspecified atom stereocenters. The molecule has 4 nitrogen and oxygen atoms in total. The second-order valence-corrected chi connectivity index (χ2v) is 19.4. The molecule has 5 heteroatoms. The minimum Gasteiger partial charge on any atom is -0.456 e. The van der Waals surface area contributed by atoms with Gasteiger partial charge in [0, 0.05) is 70.5 Å². The van der Waals surface area contributed by atoms with Crippen LogP contribution in [0.4, 0.5) is 11.4 Å². The number of furan rings is 1. The number of benzene rings is 9. The van der Waals surface area contributed by atoms with Crippen molar-refractivity contribution in [2.24, 2.45) is 0 Å². The Balaban J connectivity index is 0.849. The molecule has 0 bridgehead atoms. The summed E-state index contributed by atoms with van der Waals surface area (Å²) in [6.07, 6.45) is 8.65. The van der Waals surface area contributed by atoms with Crippen molar-refractivity contribution in [3.05, 3.63) is 234 Å². The molecule has 308 valence electrons. The van der Waals surface area contributed by atoms with Crippen LogP contribution in [0.5, 0.6) is 0 Å². The topological polar surface area (TPSA) is 40.4 Å². The van der Waals surface area contributed by atoms with Crippen LogP contribution in [0.1, 0.15) is 34.0 Å². The quantitative estimate of drug-likeness (QED) is 0.185. The van der Waals surface area contributed by atoms with Gasteiger partial charge >= 0.3 is 0 Å². The molecule has 3 aliphatic carbocycles. The fraction of sp³-hybridized carbons (Fsp3) is 0.0492. The Morgan fingerprint density at radius 3 is 2.41 bits per heavy atom. The smallest absolute Gasteiger partial charge is 0.137 e. The number of nitrogens with zero attached hydrogens (tertiary/aromatic N) is 1. The highest BCUT2D eigenvalue weighted by Gasteiger charge is 2.60. The van der Waals surface area contributed by atoms with E-state index in [0.717, 1.165) is 38.9 Å². The highest BCUT2D eigenvalue weighted by atomic mass is 32.1. The zero-order chi connectivity index (χ0) is 42.8. The number of thiophene rings is 1. The van der Waals surface area contributed by atoms with Crippen molar-refractivity contribution in [1.82, 2.24) is 10.6 Å². The molecule has 3 atom stereocenters. The van der Waals surface area contributed by atoms with E-state index >= 15 is 0 Å². The first-order chi connectivity index (χ1) is 32.7. The first-order valence-corrected chi connectivity index (χ1v) is 23.7. The monoisotopic (exact) mass is 859 g/mol. The number of allylic oxidation sites excluding steroid dienone is 2. The Kier molecular flexibility index (Phi) is 6.78. The molecule has 2 aliphatic heterocycles. The minimum atomic E-state index is -0.525. The van der Waals surface area contributed by atoms with Gasteiger partial charge in [0.15, 0.2) is 0 Å². The highest BCUT2D eigenvalue weighted by Crippen LogP contribution is 2.71. The summed E-state index contributed by atoms with van der Waals surface area (Å²) in [5.41, 5.74) is 20.3. The van der Waals surface area contributed by atoms with Crippen molar-refractivity contribution in [1.29, 1.82) is 0 Å². The summed E-state index contributed by atoms with van der Waals surface area (Å²) in [6.45, 7) is 0. The predicted molar refractivity (Wildman–Crippen MR) is 273 cm³/mol. The average Bonchev–Trinajstić information content (AvgIpc) is 4.16. The van der Waals surface area contributed by atoms with E-state index in [0.29, 0.717) is 0 Å². The normalized spacial score (nSPS) is 19.4. The van der Waals surface area contributed by atoms with E-state index in [1.807, 2.05) is 11.3 Å². The van der Waals surface area contributed by atoms with Gasteiger partial charge in [-0.1, -0.05) is 146 Å². The van der Waals surface area contributed by atoms with Crippen molar-refractivity contribution < 1.29 is 4.42 Å². The van der Waals surface area contributed by atoms with E-state index in [1.165, 1.54) is 97.8 Å². The second-order valence-electron chi connectivity index (χ2n) is 18.4. The maximum atomic E-state index is 6.87. The number of anilines is 2. The molecule has 9 aromatic carbocycles. The van der Waals surface area contributed by atoms with Gasteiger partial charge in [0.1, 0.15) is 22.9 Å². The average molecular weight is 860 g/mol.